The van der Waals surface area contributed by atoms with Crippen molar-refractivity contribution in [1.82, 2.24) is 10.2 Å². The number of primary amides is 1. The maximum Gasteiger partial charge on any atom is 0.245 e. The Kier molecular flexibility index (Phi) is 9.44. The summed E-state index contributed by atoms with van der Waals surface area (Å²) in [7, 11) is 0. The minimum Gasteiger partial charge on any atom is -0.369 e. The Labute approximate surface area is 176 Å². The molecule has 2 rings (SSSR count). The standard InChI is InChI=1S/C23H41N3O3/c1-4-5-8-18(21(24)27)19(15-16(2)3)22(28)25-20-9-6-7-13-26(23(20)29)14-12-17-10-11-17/h16-20H,4-15H2,1-3H3,(H2,24,27)(H,25,28)/t18-,19+,20-/m0/s1. The first-order valence-corrected chi connectivity index (χ1v) is 11.7. The Morgan fingerprint density at radius 2 is 1.90 bits per heavy atom. The van der Waals surface area contributed by atoms with Crippen LogP contribution in [-0.4, -0.2) is 41.8 Å². The van der Waals surface area contributed by atoms with E-state index in [1.165, 1.54) is 12.8 Å². The molecule has 0 unspecified atom stereocenters. The zero-order valence-corrected chi connectivity index (χ0v) is 18.6. The van der Waals surface area contributed by atoms with Gasteiger partial charge in [-0.05, 0) is 50.4 Å². The molecule has 1 saturated carbocycles. The van der Waals surface area contributed by atoms with Gasteiger partial charge in [-0.25, -0.2) is 0 Å². The van der Waals surface area contributed by atoms with Crippen molar-refractivity contribution < 1.29 is 14.4 Å². The molecule has 0 bridgehead atoms. The van der Waals surface area contributed by atoms with E-state index in [1.54, 1.807) is 0 Å². The van der Waals surface area contributed by atoms with E-state index in [1.807, 2.05) is 4.90 Å². The van der Waals surface area contributed by atoms with Gasteiger partial charge in [0.2, 0.25) is 17.7 Å². The number of rotatable bonds is 12. The lowest BCUT2D eigenvalue weighted by molar-refractivity contribution is -0.139. The van der Waals surface area contributed by atoms with Gasteiger partial charge in [-0.3, -0.25) is 14.4 Å². The number of carbonyl (C=O) groups excluding carboxylic acids is 3. The molecule has 0 aromatic rings. The second-order valence-corrected chi connectivity index (χ2v) is 9.50. The van der Waals surface area contributed by atoms with Crippen molar-refractivity contribution in [3.8, 4) is 0 Å². The molecular formula is C23H41N3O3. The summed E-state index contributed by atoms with van der Waals surface area (Å²) in [6.07, 6.45) is 9.29. The molecule has 1 aliphatic carbocycles. The third-order valence-electron chi connectivity index (χ3n) is 6.38. The molecule has 1 aliphatic heterocycles. The monoisotopic (exact) mass is 407 g/mol. The molecule has 166 valence electrons. The van der Waals surface area contributed by atoms with E-state index in [-0.39, 0.29) is 17.7 Å². The smallest absolute Gasteiger partial charge is 0.245 e. The number of nitrogens with two attached hydrogens (primary N) is 1. The number of unbranched alkanes of at least 4 members (excludes halogenated alkanes) is 1. The molecule has 1 saturated heterocycles. The summed E-state index contributed by atoms with van der Waals surface area (Å²) < 4.78 is 0. The number of nitrogens with zero attached hydrogens (tertiary/aromatic N) is 1. The zero-order chi connectivity index (χ0) is 21.4. The molecule has 3 atom stereocenters. The van der Waals surface area contributed by atoms with Gasteiger partial charge >= 0.3 is 0 Å². The Hall–Kier alpha value is -1.59. The maximum absolute atomic E-state index is 13.2. The highest BCUT2D eigenvalue weighted by atomic mass is 16.2. The van der Waals surface area contributed by atoms with Crippen molar-refractivity contribution in [2.24, 2.45) is 29.4 Å². The number of likely N-dealkylation sites (tertiary alicyclic amines) is 1. The minimum absolute atomic E-state index is 0.0454. The van der Waals surface area contributed by atoms with E-state index < -0.39 is 23.8 Å². The topological polar surface area (TPSA) is 92.5 Å². The van der Waals surface area contributed by atoms with E-state index in [0.717, 1.165) is 51.1 Å². The van der Waals surface area contributed by atoms with Gasteiger partial charge in [0.25, 0.3) is 0 Å². The summed E-state index contributed by atoms with van der Waals surface area (Å²) in [5.41, 5.74) is 5.68. The molecule has 3 amide bonds. The van der Waals surface area contributed by atoms with Crippen molar-refractivity contribution in [3.63, 3.8) is 0 Å². The van der Waals surface area contributed by atoms with Crippen molar-refractivity contribution >= 4 is 17.7 Å². The third kappa shape index (κ3) is 7.63. The average molecular weight is 408 g/mol. The van der Waals surface area contributed by atoms with Crippen LogP contribution in [0.2, 0.25) is 0 Å². The highest BCUT2D eigenvalue weighted by Crippen LogP contribution is 2.33. The van der Waals surface area contributed by atoms with Crippen molar-refractivity contribution in [2.75, 3.05) is 13.1 Å². The van der Waals surface area contributed by atoms with Crippen LogP contribution in [0.1, 0.15) is 85.0 Å². The number of carbonyl (C=O) groups is 3. The molecule has 29 heavy (non-hydrogen) atoms. The van der Waals surface area contributed by atoms with E-state index >= 15 is 0 Å². The molecule has 2 aliphatic rings. The Morgan fingerprint density at radius 1 is 1.17 bits per heavy atom. The molecule has 0 spiro atoms. The molecule has 1 heterocycles. The molecule has 3 N–H and O–H groups in total. The minimum atomic E-state index is -0.474. The Morgan fingerprint density at radius 3 is 2.48 bits per heavy atom. The average Bonchev–Trinajstić information content (AvgIpc) is 3.49. The fourth-order valence-corrected chi connectivity index (χ4v) is 4.41. The van der Waals surface area contributed by atoms with Crippen LogP contribution >= 0.6 is 0 Å². The van der Waals surface area contributed by atoms with Crippen molar-refractivity contribution in [2.45, 2.75) is 91.0 Å². The quantitative estimate of drug-likeness (QED) is 0.520. The van der Waals surface area contributed by atoms with Gasteiger partial charge in [-0.2, -0.15) is 0 Å². The fourth-order valence-electron chi connectivity index (χ4n) is 4.41. The van der Waals surface area contributed by atoms with Crippen LogP contribution in [0, 0.1) is 23.7 Å². The zero-order valence-electron chi connectivity index (χ0n) is 18.6. The lowest BCUT2D eigenvalue weighted by atomic mass is 9.81. The second kappa shape index (κ2) is 11.6. The number of hydrogen-bond donors (Lipinski definition) is 2. The highest BCUT2D eigenvalue weighted by Gasteiger charge is 2.36. The normalized spacial score (nSPS) is 22.3. The third-order valence-corrected chi connectivity index (χ3v) is 6.38. The molecule has 0 radical (unpaired) electrons. The van der Waals surface area contributed by atoms with Crippen LogP contribution in [0.5, 0.6) is 0 Å². The molecule has 0 aromatic carbocycles. The van der Waals surface area contributed by atoms with E-state index in [9.17, 15) is 14.4 Å². The maximum atomic E-state index is 13.2. The number of amides is 3. The SMILES string of the molecule is CCCC[C@H](C(N)=O)[C@@H](CC(C)C)C(=O)N[C@H]1CCCCN(CCC2CC2)C1=O. The van der Waals surface area contributed by atoms with Crippen LogP contribution in [0.15, 0.2) is 0 Å². The largest absolute Gasteiger partial charge is 0.369 e. The van der Waals surface area contributed by atoms with Gasteiger partial charge in [-0.1, -0.05) is 46.5 Å². The summed E-state index contributed by atoms with van der Waals surface area (Å²) >= 11 is 0. The summed E-state index contributed by atoms with van der Waals surface area (Å²) in [6, 6.07) is -0.474. The highest BCUT2D eigenvalue weighted by molar-refractivity contribution is 5.91. The Bertz CT molecular complexity index is 560. The van der Waals surface area contributed by atoms with E-state index in [0.29, 0.717) is 19.3 Å². The van der Waals surface area contributed by atoms with E-state index in [4.69, 9.17) is 5.73 Å². The first-order chi connectivity index (χ1) is 13.8. The molecule has 6 heteroatoms. The van der Waals surface area contributed by atoms with Gasteiger partial charge in [0.15, 0.2) is 0 Å². The lowest BCUT2D eigenvalue weighted by Gasteiger charge is -2.29. The first kappa shape index (κ1) is 23.7. The summed E-state index contributed by atoms with van der Waals surface area (Å²) in [5.74, 6) is -0.416. The van der Waals surface area contributed by atoms with Crippen LogP contribution in [0.3, 0.4) is 0 Å². The van der Waals surface area contributed by atoms with Crippen molar-refractivity contribution in [3.05, 3.63) is 0 Å². The fraction of sp³-hybridized carbons (Fsp3) is 0.870. The Balaban J connectivity index is 2.06. The number of hydrogen-bond acceptors (Lipinski definition) is 3. The van der Waals surface area contributed by atoms with Gasteiger partial charge in [0.1, 0.15) is 6.04 Å². The predicted octanol–water partition coefficient (Wildman–Crippen LogP) is 3.24. The summed E-state index contributed by atoms with van der Waals surface area (Å²) in [6.45, 7) is 7.75. The lowest BCUT2D eigenvalue weighted by Crippen LogP contribution is -2.51. The summed E-state index contributed by atoms with van der Waals surface area (Å²) in [4.78, 5) is 40.3. The predicted molar refractivity (Wildman–Crippen MR) is 115 cm³/mol. The van der Waals surface area contributed by atoms with E-state index in [2.05, 4.69) is 26.1 Å². The van der Waals surface area contributed by atoms with Crippen LogP contribution in [0.4, 0.5) is 0 Å². The van der Waals surface area contributed by atoms with Gasteiger partial charge in [0.05, 0.1) is 0 Å². The van der Waals surface area contributed by atoms with Crippen LogP contribution in [-0.2, 0) is 14.4 Å². The van der Waals surface area contributed by atoms with Crippen LogP contribution in [0.25, 0.3) is 0 Å². The molecule has 2 fully saturated rings. The molecule has 0 aromatic heterocycles. The van der Waals surface area contributed by atoms with Gasteiger partial charge in [0, 0.05) is 24.9 Å². The number of nitrogens with one attached hydrogen (secondary N) is 1. The second-order valence-electron chi connectivity index (χ2n) is 9.50. The van der Waals surface area contributed by atoms with Gasteiger partial charge < -0.3 is 16.0 Å². The van der Waals surface area contributed by atoms with Crippen molar-refractivity contribution in [1.29, 1.82) is 0 Å². The molecular weight excluding hydrogens is 366 g/mol. The molecule has 6 nitrogen and oxygen atoms in total. The van der Waals surface area contributed by atoms with Crippen LogP contribution < -0.4 is 11.1 Å². The first-order valence-electron chi connectivity index (χ1n) is 11.7. The van der Waals surface area contributed by atoms with Gasteiger partial charge in [-0.15, -0.1) is 0 Å². The summed E-state index contributed by atoms with van der Waals surface area (Å²) in [5, 5.41) is 3.02.